The molecule has 21 heavy (non-hydrogen) atoms. The van der Waals surface area contributed by atoms with E-state index in [9.17, 15) is 8.42 Å². The zero-order valence-electron chi connectivity index (χ0n) is 12.7. The van der Waals surface area contributed by atoms with Crippen LogP contribution in [-0.2, 0) is 16.4 Å². The highest BCUT2D eigenvalue weighted by atomic mass is 35.5. The standard InChI is InChI=1S/C15H24N2O2S.ClH/c1-3-4-13-5-7-15(8-6-13)20(18,19)17-10-9-14(11-17)12(2)16;/h5-8,12,14H,3-4,9-11,16H2,1-2H3;1H. The lowest BCUT2D eigenvalue weighted by Crippen LogP contribution is -2.33. The van der Waals surface area contributed by atoms with E-state index in [4.69, 9.17) is 5.73 Å². The molecule has 0 aliphatic carbocycles. The average molecular weight is 333 g/mol. The quantitative estimate of drug-likeness (QED) is 0.900. The van der Waals surface area contributed by atoms with Crippen LogP contribution >= 0.6 is 12.4 Å². The summed E-state index contributed by atoms with van der Waals surface area (Å²) in [6.07, 6.45) is 2.90. The third-order valence-corrected chi connectivity index (χ3v) is 5.91. The molecular weight excluding hydrogens is 308 g/mol. The molecule has 4 nitrogen and oxygen atoms in total. The van der Waals surface area contributed by atoms with Gasteiger partial charge < -0.3 is 5.73 Å². The Bertz CT molecular complexity index is 543. The predicted molar refractivity (Wildman–Crippen MR) is 88.2 cm³/mol. The van der Waals surface area contributed by atoms with E-state index in [-0.39, 0.29) is 24.4 Å². The molecule has 1 aliphatic heterocycles. The molecular formula is C15H25ClN2O2S. The van der Waals surface area contributed by atoms with E-state index < -0.39 is 10.0 Å². The Kier molecular flexibility index (Phi) is 6.66. The summed E-state index contributed by atoms with van der Waals surface area (Å²) in [6.45, 7) is 5.17. The van der Waals surface area contributed by atoms with Crippen LogP contribution in [0.1, 0.15) is 32.3 Å². The Labute approximate surface area is 134 Å². The summed E-state index contributed by atoms with van der Waals surface area (Å²) in [7, 11) is -3.36. The van der Waals surface area contributed by atoms with E-state index in [2.05, 4.69) is 6.92 Å². The fourth-order valence-corrected chi connectivity index (χ4v) is 4.18. The molecule has 1 fully saturated rings. The molecule has 0 saturated carbocycles. The van der Waals surface area contributed by atoms with Crippen molar-refractivity contribution >= 4 is 22.4 Å². The molecule has 6 heteroatoms. The van der Waals surface area contributed by atoms with Crippen molar-refractivity contribution in [1.29, 1.82) is 0 Å². The number of rotatable bonds is 5. The third kappa shape index (κ3) is 4.19. The van der Waals surface area contributed by atoms with Crippen LogP contribution in [0.3, 0.4) is 0 Å². The molecule has 1 heterocycles. The SMILES string of the molecule is CCCc1ccc(S(=O)(=O)N2CCC(C(C)N)C2)cc1.Cl. The maximum absolute atomic E-state index is 12.6. The van der Waals surface area contributed by atoms with Gasteiger partial charge in [0.25, 0.3) is 0 Å². The highest BCUT2D eigenvalue weighted by Gasteiger charge is 2.33. The average Bonchev–Trinajstić information content (AvgIpc) is 2.90. The van der Waals surface area contributed by atoms with Crippen LogP contribution in [0.5, 0.6) is 0 Å². The Morgan fingerprint density at radius 2 is 1.95 bits per heavy atom. The van der Waals surface area contributed by atoms with Crippen molar-refractivity contribution in [2.45, 2.75) is 44.0 Å². The number of aryl methyl sites for hydroxylation is 1. The molecule has 0 bridgehead atoms. The van der Waals surface area contributed by atoms with E-state index in [1.807, 2.05) is 19.1 Å². The van der Waals surface area contributed by atoms with E-state index in [1.165, 1.54) is 5.56 Å². The largest absolute Gasteiger partial charge is 0.328 e. The minimum atomic E-state index is -3.36. The smallest absolute Gasteiger partial charge is 0.243 e. The van der Waals surface area contributed by atoms with Crippen LogP contribution in [0.15, 0.2) is 29.2 Å². The lowest BCUT2D eigenvalue weighted by Gasteiger charge is -2.18. The first kappa shape index (κ1) is 18.4. The second-order valence-corrected chi connectivity index (χ2v) is 7.60. The van der Waals surface area contributed by atoms with Gasteiger partial charge in [0.05, 0.1) is 4.90 Å². The summed E-state index contributed by atoms with van der Waals surface area (Å²) in [5.74, 6) is 0.268. The van der Waals surface area contributed by atoms with Crippen molar-refractivity contribution in [3.63, 3.8) is 0 Å². The van der Waals surface area contributed by atoms with Crippen LogP contribution in [0, 0.1) is 5.92 Å². The van der Waals surface area contributed by atoms with E-state index >= 15 is 0 Å². The van der Waals surface area contributed by atoms with Crippen molar-refractivity contribution in [1.82, 2.24) is 4.31 Å². The minimum Gasteiger partial charge on any atom is -0.328 e. The normalized spacial score (nSPS) is 21.0. The lowest BCUT2D eigenvalue weighted by molar-refractivity contribution is 0.429. The van der Waals surface area contributed by atoms with Gasteiger partial charge >= 0.3 is 0 Å². The first-order valence-corrected chi connectivity index (χ1v) is 8.74. The van der Waals surface area contributed by atoms with Gasteiger partial charge in [0, 0.05) is 19.1 Å². The number of hydrogen-bond acceptors (Lipinski definition) is 3. The Morgan fingerprint density at radius 3 is 2.43 bits per heavy atom. The summed E-state index contributed by atoms with van der Waals surface area (Å²) >= 11 is 0. The lowest BCUT2D eigenvalue weighted by atomic mass is 10.0. The second-order valence-electron chi connectivity index (χ2n) is 5.66. The summed E-state index contributed by atoms with van der Waals surface area (Å²) in [5, 5.41) is 0. The molecule has 0 radical (unpaired) electrons. The maximum atomic E-state index is 12.6. The van der Waals surface area contributed by atoms with Crippen LogP contribution in [0.4, 0.5) is 0 Å². The fraction of sp³-hybridized carbons (Fsp3) is 0.600. The molecule has 2 unspecified atom stereocenters. The maximum Gasteiger partial charge on any atom is 0.243 e. The molecule has 2 atom stereocenters. The summed E-state index contributed by atoms with van der Waals surface area (Å²) < 4.78 is 26.7. The van der Waals surface area contributed by atoms with Crippen molar-refractivity contribution < 1.29 is 8.42 Å². The van der Waals surface area contributed by atoms with Crippen molar-refractivity contribution in [3.8, 4) is 0 Å². The van der Waals surface area contributed by atoms with Gasteiger partial charge in [0.15, 0.2) is 0 Å². The van der Waals surface area contributed by atoms with Gasteiger partial charge in [-0.3, -0.25) is 0 Å². The first-order valence-electron chi connectivity index (χ1n) is 7.30. The minimum absolute atomic E-state index is 0. The highest BCUT2D eigenvalue weighted by Crippen LogP contribution is 2.25. The van der Waals surface area contributed by atoms with Gasteiger partial charge in [0.1, 0.15) is 0 Å². The van der Waals surface area contributed by atoms with Crippen LogP contribution in [0.2, 0.25) is 0 Å². The molecule has 1 saturated heterocycles. The zero-order valence-corrected chi connectivity index (χ0v) is 14.3. The second kappa shape index (κ2) is 7.58. The van der Waals surface area contributed by atoms with E-state index in [0.29, 0.717) is 18.0 Å². The summed E-state index contributed by atoms with van der Waals surface area (Å²) in [6, 6.07) is 7.31. The third-order valence-electron chi connectivity index (χ3n) is 4.03. The fourth-order valence-electron chi connectivity index (χ4n) is 2.67. The van der Waals surface area contributed by atoms with Gasteiger partial charge in [-0.1, -0.05) is 25.5 Å². The molecule has 1 aromatic rings. The van der Waals surface area contributed by atoms with E-state index in [0.717, 1.165) is 19.3 Å². The van der Waals surface area contributed by atoms with Crippen LogP contribution in [-0.4, -0.2) is 31.9 Å². The zero-order chi connectivity index (χ0) is 14.8. The monoisotopic (exact) mass is 332 g/mol. The molecule has 120 valence electrons. The van der Waals surface area contributed by atoms with Gasteiger partial charge in [-0.2, -0.15) is 4.31 Å². The van der Waals surface area contributed by atoms with Gasteiger partial charge in [-0.15, -0.1) is 12.4 Å². The Morgan fingerprint density at radius 1 is 1.33 bits per heavy atom. The van der Waals surface area contributed by atoms with Gasteiger partial charge in [-0.05, 0) is 43.4 Å². The molecule has 0 aromatic heterocycles. The molecule has 0 spiro atoms. The number of halogens is 1. The Hall–Kier alpha value is -0.620. The van der Waals surface area contributed by atoms with Crippen LogP contribution in [0.25, 0.3) is 0 Å². The highest BCUT2D eigenvalue weighted by molar-refractivity contribution is 7.89. The number of nitrogens with zero attached hydrogens (tertiary/aromatic N) is 1. The van der Waals surface area contributed by atoms with Crippen molar-refractivity contribution in [3.05, 3.63) is 29.8 Å². The predicted octanol–water partition coefficient (Wildman–Crippen LogP) is 2.42. The van der Waals surface area contributed by atoms with Crippen LogP contribution < -0.4 is 5.73 Å². The van der Waals surface area contributed by atoms with Crippen molar-refractivity contribution in [2.24, 2.45) is 11.7 Å². The number of sulfonamides is 1. The van der Waals surface area contributed by atoms with E-state index in [1.54, 1.807) is 16.4 Å². The first-order chi connectivity index (χ1) is 9.45. The number of benzene rings is 1. The Balaban J connectivity index is 0.00000220. The summed E-state index contributed by atoms with van der Waals surface area (Å²) in [4.78, 5) is 0.391. The van der Waals surface area contributed by atoms with Gasteiger partial charge in [-0.25, -0.2) is 8.42 Å². The molecule has 1 aromatic carbocycles. The molecule has 2 N–H and O–H groups in total. The number of nitrogens with two attached hydrogens (primary N) is 1. The number of hydrogen-bond donors (Lipinski definition) is 1. The molecule has 2 rings (SSSR count). The summed E-state index contributed by atoms with van der Waals surface area (Å²) in [5.41, 5.74) is 7.06. The molecule has 1 aliphatic rings. The van der Waals surface area contributed by atoms with Crippen molar-refractivity contribution in [2.75, 3.05) is 13.1 Å². The molecule has 0 amide bonds. The topological polar surface area (TPSA) is 63.4 Å². The van der Waals surface area contributed by atoms with Gasteiger partial charge in [0.2, 0.25) is 10.0 Å².